The van der Waals surface area contributed by atoms with E-state index in [2.05, 4.69) is 64.8 Å². The Morgan fingerprint density at radius 3 is 2.49 bits per heavy atom. The summed E-state index contributed by atoms with van der Waals surface area (Å²) in [7, 11) is 0. The number of aromatic hydroxyl groups is 1. The second kappa shape index (κ2) is 8.44. The fourth-order valence-electron chi connectivity index (χ4n) is 4.70. The van der Waals surface area contributed by atoms with Crippen LogP contribution in [0.4, 0.5) is 0 Å². The van der Waals surface area contributed by atoms with Crippen molar-refractivity contribution in [2.24, 2.45) is 0 Å². The molecular weight excluding hydrogens is 434 g/mol. The van der Waals surface area contributed by atoms with Crippen LogP contribution in [0.3, 0.4) is 0 Å². The molecule has 0 saturated carbocycles. The Labute approximate surface area is 203 Å². The summed E-state index contributed by atoms with van der Waals surface area (Å²) < 4.78 is 8.37. The molecule has 0 atom stereocenters. The van der Waals surface area contributed by atoms with Gasteiger partial charge in [-0.3, -0.25) is 4.57 Å². The zero-order valence-electron chi connectivity index (χ0n) is 19.7. The van der Waals surface area contributed by atoms with Crippen molar-refractivity contribution in [3.8, 4) is 23.2 Å². The van der Waals surface area contributed by atoms with Gasteiger partial charge in [-0.05, 0) is 72.5 Å². The van der Waals surface area contributed by atoms with E-state index in [1.54, 1.807) is 6.07 Å². The number of nitrogens with zero attached hydrogens (tertiary/aromatic N) is 3. The first-order chi connectivity index (χ1) is 17.1. The number of pyridine rings is 2. The normalized spacial score (nSPS) is 11.5. The van der Waals surface area contributed by atoms with Gasteiger partial charge in [-0.25, -0.2) is 9.97 Å². The van der Waals surface area contributed by atoms with Crippen LogP contribution in [-0.2, 0) is 12.8 Å². The van der Waals surface area contributed by atoms with Gasteiger partial charge in [0.15, 0.2) is 0 Å². The average Bonchev–Trinajstić information content (AvgIpc) is 3.22. The number of fused-ring (bicyclic) bond motifs is 4. The number of hydrogen-bond donors (Lipinski definition) is 1. The summed E-state index contributed by atoms with van der Waals surface area (Å²) in [5.41, 5.74) is 4.96. The molecule has 3 aromatic carbocycles. The summed E-state index contributed by atoms with van der Waals surface area (Å²) in [6.07, 6.45) is 3.66. The lowest BCUT2D eigenvalue weighted by molar-refractivity contribution is 0.460. The molecule has 0 saturated heterocycles. The predicted octanol–water partition coefficient (Wildman–Crippen LogP) is 7.35. The highest BCUT2D eigenvalue weighted by Gasteiger charge is 2.15. The van der Waals surface area contributed by atoms with Crippen LogP contribution >= 0.6 is 0 Å². The first-order valence-corrected chi connectivity index (χ1v) is 11.9. The topological polar surface area (TPSA) is 60.2 Å². The van der Waals surface area contributed by atoms with Gasteiger partial charge in [-0.1, -0.05) is 32.0 Å². The second-order valence-electron chi connectivity index (χ2n) is 8.70. The number of benzene rings is 3. The Balaban J connectivity index is 1.48. The molecule has 0 aliphatic heterocycles. The fourth-order valence-corrected chi connectivity index (χ4v) is 4.70. The third-order valence-corrected chi connectivity index (χ3v) is 6.53. The van der Waals surface area contributed by atoms with Crippen LogP contribution in [0.5, 0.6) is 17.4 Å². The molecular formula is C30H25N3O2. The van der Waals surface area contributed by atoms with E-state index >= 15 is 0 Å². The zero-order valence-corrected chi connectivity index (χ0v) is 19.7. The van der Waals surface area contributed by atoms with Crippen LogP contribution in [0.15, 0.2) is 85.1 Å². The molecule has 6 aromatic rings. The number of phenols is 1. The van der Waals surface area contributed by atoms with Crippen LogP contribution in [0, 0.1) is 0 Å². The molecule has 1 N–H and O–H groups in total. The van der Waals surface area contributed by atoms with Gasteiger partial charge in [0.05, 0.1) is 11.0 Å². The van der Waals surface area contributed by atoms with Gasteiger partial charge >= 0.3 is 0 Å². The molecule has 0 bridgehead atoms. The van der Waals surface area contributed by atoms with E-state index in [0.29, 0.717) is 17.1 Å². The van der Waals surface area contributed by atoms with E-state index in [1.165, 1.54) is 10.9 Å². The number of rotatable bonds is 5. The molecule has 3 aromatic heterocycles. The maximum absolute atomic E-state index is 10.5. The van der Waals surface area contributed by atoms with Gasteiger partial charge in [0.2, 0.25) is 5.88 Å². The van der Waals surface area contributed by atoms with Gasteiger partial charge in [0.25, 0.3) is 0 Å². The van der Waals surface area contributed by atoms with Crippen LogP contribution < -0.4 is 4.74 Å². The van der Waals surface area contributed by atoms with Crippen molar-refractivity contribution in [3.63, 3.8) is 0 Å². The molecule has 0 unspecified atom stereocenters. The van der Waals surface area contributed by atoms with Crippen LogP contribution in [-0.4, -0.2) is 19.6 Å². The molecule has 0 amide bonds. The highest BCUT2D eigenvalue weighted by atomic mass is 16.5. The third kappa shape index (κ3) is 3.66. The SMILES string of the molecule is CCc1ccnc(-n2c3ccccc3c3ccc(Oc4ccc5cc(CC)cc(O)c5n4)cc32)c1. The maximum atomic E-state index is 10.5. The standard InChI is InChI=1S/C30H25N3O2/c1-3-19-13-14-31-28(17-19)33-25-8-6-5-7-23(25)24-11-10-22(18-26(24)33)35-29-12-9-21-15-20(4-2)16-27(34)30(21)32-29/h5-18,34H,3-4H2,1-2H3. The van der Waals surface area contributed by atoms with Crippen molar-refractivity contribution in [2.45, 2.75) is 26.7 Å². The Bertz CT molecular complexity index is 1720. The quantitative estimate of drug-likeness (QED) is 0.293. The minimum absolute atomic E-state index is 0.169. The van der Waals surface area contributed by atoms with E-state index in [1.807, 2.05) is 42.6 Å². The van der Waals surface area contributed by atoms with Crippen LogP contribution in [0.2, 0.25) is 0 Å². The van der Waals surface area contributed by atoms with Crippen LogP contribution in [0.1, 0.15) is 25.0 Å². The lowest BCUT2D eigenvalue weighted by Crippen LogP contribution is -1.98. The van der Waals surface area contributed by atoms with Crippen LogP contribution in [0.25, 0.3) is 38.5 Å². The highest BCUT2D eigenvalue weighted by Crippen LogP contribution is 2.35. The molecule has 0 aliphatic rings. The number of ether oxygens (including phenoxy) is 1. The zero-order chi connectivity index (χ0) is 23.9. The Kier molecular flexibility index (Phi) is 5.10. The molecule has 0 fully saturated rings. The molecule has 0 spiro atoms. The first-order valence-electron chi connectivity index (χ1n) is 11.9. The number of para-hydroxylation sites is 1. The maximum Gasteiger partial charge on any atom is 0.219 e. The Morgan fingerprint density at radius 1 is 0.800 bits per heavy atom. The molecule has 0 aliphatic carbocycles. The fraction of sp³-hybridized carbons (Fsp3) is 0.133. The predicted molar refractivity (Wildman–Crippen MR) is 141 cm³/mol. The number of phenolic OH excluding ortho intramolecular Hbond substituents is 1. The molecule has 172 valence electrons. The van der Waals surface area contributed by atoms with Crippen molar-refractivity contribution < 1.29 is 9.84 Å². The van der Waals surface area contributed by atoms with E-state index in [-0.39, 0.29) is 5.75 Å². The Morgan fingerprint density at radius 2 is 1.63 bits per heavy atom. The second-order valence-corrected chi connectivity index (χ2v) is 8.70. The van der Waals surface area contributed by atoms with Gasteiger partial charge in [0.1, 0.15) is 22.8 Å². The van der Waals surface area contributed by atoms with E-state index < -0.39 is 0 Å². The van der Waals surface area contributed by atoms with Crippen molar-refractivity contribution in [2.75, 3.05) is 0 Å². The number of hydrogen-bond acceptors (Lipinski definition) is 4. The van der Waals surface area contributed by atoms with Crippen molar-refractivity contribution >= 4 is 32.7 Å². The van der Waals surface area contributed by atoms with Crippen molar-refractivity contribution in [3.05, 3.63) is 96.2 Å². The summed E-state index contributed by atoms with van der Waals surface area (Å²) in [5, 5.41) is 13.7. The lowest BCUT2D eigenvalue weighted by atomic mass is 10.1. The smallest absolute Gasteiger partial charge is 0.219 e. The largest absolute Gasteiger partial charge is 0.506 e. The monoisotopic (exact) mass is 459 g/mol. The average molecular weight is 460 g/mol. The molecule has 5 heteroatoms. The first kappa shape index (κ1) is 21.2. The van der Waals surface area contributed by atoms with Gasteiger partial charge in [0, 0.05) is 34.5 Å². The summed E-state index contributed by atoms with van der Waals surface area (Å²) >= 11 is 0. The summed E-state index contributed by atoms with van der Waals surface area (Å²) in [6.45, 7) is 4.21. The summed E-state index contributed by atoms with van der Waals surface area (Å²) in [5.74, 6) is 2.16. The summed E-state index contributed by atoms with van der Waals surface area (Å²) in [6, 6.07) is 26.2. The third-order valence-electron chi connectivity index (χ3n) is 6.53. The summed E-state index contributed by atoms with van der Waals surface area (Å²) in [4.78, 5) is 9.26. The Hall–Kier alpha value is -4.38. The van der Waals surface area contributed by atoms with Gasteiger partial charge < -0.3 is 9.84 Å². The van der Waals surface area contributed by atoms with E-state index in [9.17, 15) is 5.11 Å². The van der Waals surface area contributed by atoms with E-state index in [4.69, 9.17) is 4.74 Å². The molecule has 6 rings (SSSR count). The van der Waals surface area contributed by atoms with E-state index in [0.717, 1.165) is 46.0 Å². The minimum Gasteiger partial charge on any atom is -0.506 e. The molecule has 0 radical (unpaired) electrons. The van der Waals surface area contributed by atoms with Gasteiger partial charge in [-0.2, -0.15) is 0 Å². The number of aryl methyl sites for hydroxylation is 2. The molecule has 5 nitrogen and oxygen atoms in total. The lowest BCUT2D eigenvalue weighted by Gasteiger charge is -2.10. The minimum atomic E-state index is 0.169. The van der Waals surface area contributed by atoms with Crippen molar-refractivity contribution in [1.82, 2.24) is 14.5 Å². The highest BCUT2D eigenvalue weighted by molar-refractivity contribution is 6.09. The van der Waals surface area contributed by atoms with Crippen molar-refractivity contribution in [1.29, 1.82) is 0 Å². The van der Waals surface area contributed by atoms with Gasteiger partial charge in [-0.15, -0.1) is 0 Å². The number of aromatic nitrogens is 3. The molecule has 3 heterocycles. The molecule has 35 heavy (non-hydrogen) atoms.